The number of carbonyl (C=O) groups excluding carboxylic acids is 1. The van der Waals surface area contributed by atoms with E-state index in [4.69, 9.17) is 10.2 Å². The van der Waals surface area contributed by atoms with Crippen LogP contribution in [0.25, 0.3) is 22.4 Å². The number of carboxylic acids is 1. The van der Waals surface area contributed by atoms with Gasteiger partial charge in [-0.2, -0.15) is 0 Å². The fourth-order valence-electron chi connectivity index (χ4n) is 9.63. The van der Waals surface area contributed by atoms with E-state index in [0.717, 1.165) is 17.7 Å². The summed E-state index contributed by atoms with van der Waals surface area (Å²) in [5.74, 6) is -1.93. The molecule has 4 rings (SSSR count). The minimum atomic E-state index is -1.18. The van der Waals surface area contributed by atoms with Crippen molar-refractivity contribution in [1.82, 2.24) is 4.57 Å². The smallest absolute Gasteiger partial charge is 0.305 e. The lowest BCUT2D eigenvalue weighted by atomic mass is 9.94. The van der Waals surface area contributed by atoms with Crippen molar-refractivity contribution in [3.63, 3.8) is 0 Å². The third-order valence-electron chi connectivity index (χ3n) is 13.4. The van der Waals surface area contributed by atoms with Crippen molar-refractivity contribution in [2.45, 2.75) is 232 Å². The number of rotatable bonds is 38. The number of unbranched alkanes of at least 4 members (excludes halogenated alkanes) is 25. The molecule has 0 saturated carbocycles. The topological polar surface area (TPSA) is 132 Å². The standard InChI is InChI=1S/C33H35FN2O5.C28H58O/c1-21(2)31-30(33(41)35-25-11-7-4-8-12-25)29(22-9-5-3-6-10-22)32(23-13-15-24(34)16-14-23)36(31)18-17-26(37)19-27(38)20-28(39)40;1-2-3-4-5-6-7-8-9-10-11-12-13-14-15-16-17-18-19-20-21-22-23-24-25-26-27-28-29/h3-16,21,26-27,37-38H,17-20H2,1-2H3,(H,35,41)(H,39,40);29H,2-28H2,1H3/t26-,27-;/m1./s1. The molecule has 1 heterocycles. The number of halogens is 1. The highest BCUT2D eigenvalue weighted by atomic mass is 19.1. The molecule has 5 N–H and O–H groups in total. The fraction of sp³-hybridized carbons (Fsp3) is 0.607. The van der Waals surface area contributed by atoms with Crippen molar-refractivity contribution in [3.8, 4) is 22.4 Å². The number of benzene rings is 3. The molecule has 1 amide bonds. The molecule has 0 saturated heterocycles. The molecule has 1 aromatic heterocycles. The molecule has 9 heteroatoms. The second-order valence-electron chi connectivity index (χ2n) is 20.0. The van der Waals surface area contributed by atoms with Gasteiger partial charge in [-0.3, -0.25) is 9.59 Å². The molecule has 0 aliphatic rings. The van der Waals surface area contributed by atoms with Crippen molar-refractivity contribution in [2.24, 2.45) is 0 Å². The molecule has 0 bridgehead atoms. The number of anilines is 1. The largest absolute Gasteiger partial charge is 0.481 e. The van der Waals surface area contributed by atoms with Crippen LogP contribution in [0.2, 0.25) is 0 Å². The fourth-order valence-corrected chi connectivity index (χ4v) is 9.63. The first-order valence-corrected chi connectivity index (χ1v) is 27.7. The lowest BCUT2D eigenvalue weighted by Gasteiger charge is -2.20. The number of nitrogens with zero attached hydrogens (tertiary/aromatic N) is 1. The van der Waals surface area contributed by atoms with E-state index in [-0.39, 0.29) is 37.0 Å². The van der Waals surface area contributed by atoms with Gasteiger partial charge >= 0.3 is 5.97 Å². The third-order valence-corrected chi connectivity index (χ3v) is 13.4. The van der Waals surface area contributed by atoms with E-state index >= 15 is 0 Å². The Kier molecular flexibility index (Phi) is 32.1. The predicted octanol–water partition coefficient (Wildman–Crippen LogP) is 16.5. The second-order valence-corrected chi connectivity index (χ2v) is 20.0. The van der Waals surface area contributed by atoms with Gasteiger partial charge in [0.25, 0.3) is 5.91 Å². The zero-order valence-corrected chi connectivity index (χ0v) is 43.7. The highest BCUT2D eigenvalue weighted by Crippen LogP contribution is 2.43. The zero-order valence-electron chi connectivity index (χ0n) is 43.7. The Morgan fingerprint density at radius 1 is 0.571 bits per heavy atom. The molecular formula is C61H93FN2O6. The Labute approximate surface area is 422 Å². The summed E-state index contributed by atoms with van der Waals surface area (Å²) >= 11 is 0. The van der Waals surface area contributed by atoms with Crippen LogP contribution in [0.15, 0.2) is 84.9 Å². The number of aliphatic carboxylic acids is 1. The molecule has 0 radical (unpaired) electrons. The van der Waals surface area contributed by atoms with Crippen LogP contribution in [0.5, 0.6) is 0 Å². The van der Waals surface area contributed by atoms with Crippen molar-refractivity contribution in [3.05, 3.63) is 102 Å². The number of amides is 1. The summed E-state index contributed by atoms with van der Waals surface area (Å²) in [6, 6.07) is 24.8. The van der Waals surface area contributed by atoms with Gasteiger partial charge in [-0.1, -0.05) is 230 Å². The summed E-state index contributed by atoms with van der Waals surface area (Å²) in [6.07, 6.45) is 34.6. The van der Waals surface area contributed by atoms with Crippen LogP contribution in [0.1, 0.15) is 229 Å². The number of aromatic nitrogens is 1. The number of para-hydroxylation sites is 1. The van der Waals surface area contributed by atoms with Gasteiger partial charge in [-0.05, 0) is 72.7 Å². The molecule has 0 aliphatic heterocycles. The SMILES string of the molecule is CC(C)c1c(C(=O)Nc2ccccc2)c(-c2ccccc2)c(-c2ccc(F)cc2)n1CC[C@@H](O)C[C@@H](O)CC(=O)O.CCCCCCCCCCCCCCCCCCCCCCCCCCCCO. The third kappa shape index (κ3) is 24.7. The highest BCUT2D eigenvalue weighted by Gasteiger charge is 2.31. The summed E-state index contributed by atoms with van der Waals surface area (Å²) in [5.41, 5.74) is 4.77. The van der Waals surface area contributed by atoms with Crippen molar-refractivity contribution in [2.75, 3.05) is 11.9 Å². The van der Waals surface area contributed by atoms with Crippen LogP contribution in [0, 0.1) is 5.82 Å². The number of aliphatic hydroxyl groups excluding tert-OH is 3. The lowest BCUT2D eigenvalue weighted by molar-refractivity contribution is -0.139. The number of hydrogen-bond acceptors (Lipinski definition) is 5. The average Bonchev–Trinajstić information content (AvgIpc) is 3.70. The van der Waals surface area contributed by atoms with Crippen molar-refractivity contribution >= 4 is 17.6 Å². The lowest BCUT2D eigenvalue weighted by Crippen LogP contribution is -2.22. The van der Waals surface area contributed by atoms with E-state index in [0.29, 0.717) is 34.7 Å². The summed E-state index contributed by atoms with van der Waals surface area (Å²) in [6.45, 7) is 6.93. The summed E-state index contributed by atoms with van der Waals surface area (Å²) in [7, 11) is 0. The maximum Gasteiger partial charge on any atom is 0.305 e. The van der Waals surface area contributed by atoms with Crippen LogP contribution < -0.4 is 5.32 Å². The van der Waals surface area contributed by atoms with Crippen molar-refractivity contribution in [1.29, 1.82) is 0 Å². The highest BCUT2D eigenvalue weighted by molar-refractivity contribution is 6.12. The Morgan fingerprint density at radius 3 is 1.41 bits per heavy atom. The van der Waals surface area contributed by atoms with E-state index in [1.54, 1.807) is 12.1 Å². The van der Waals surface area contributed by atoms with E-state index < -0.39 is 24.6 Å². The Bertz CT molecular complexity index is 1910. The monoisotopic (exact) mass is 969 g/mol. The van der Waals surface area contributed by atoms with Gasteiger partial charge in [0.05, 0.1) is 29.9 Å². The van der Waals surface area contributed by atoms with Crippen LogP contribution >= 0.6 is 0 Å². The molecule has 3 aromatic carbocycles. The van der Waals surface area contributed by atoms with E-state index in [1.165, 1.54) is 173 Å². The van der Waals surface area contributed by atoms with Gasteiger partial charge in [-0.25, -0.2) is 4.39 Å². The molecule has 0 unspecified atom stereocenters. The molecule has 0 spiro atoms. The Balaban J connectivity index is 0.000000396. The van der Waals surface area contributed by atoms with Crippen LogP contribution in [0.3, 0.4) is 0 Å². The Morgan fingerprint density at radius 2 is 1.00 bits per heavy atom. The van der Waals surface area contributed by atoms with Gasteiger partial charge in [0.1, 0.15) is 5.82 Å². The maximum atomic E-state index is 14.0. The van der Waals surface area contributed by atoms with E-state index in [2.05, 4.69) is 12.2 Å². The molecule has 70 heavy (non-hydrogen) atoms. The molecular weight excluding hydrogens is 876 g/mol. The first-order valence-electron chi connectivity index (χ1n) is 27.7. The molecule has 0 fully saturated rings. The average molecular weight is 969 g/mol. The van der Waals surface area contributed by atoms with Gasteiger partial charge in [-0.15, -0.1) is 0 Å². The first kappa shape index (κ1) is 60.0. The second kappa shape index (κ2) is 37.5. The summed E-state index contributed by atoms with van der Waals surface area (Å²) < 4.78 is 16.0. The first-order chi connectivity index (χ1) is 34.1. The van der Waals surface area contributed by atoms with E-state index in [1.807, 2.05) is 79.1 Å². The van der Waals surface area contributed by atoms with Crippen LogP contribution in [-0.2, 0) is 11.3 Å². The van der Waals surface area contributed by atoms with Crippen LogP contribution in [0.4, 0.5) is 10.1 Å². The van der Waals surface area contributed by atoms with Crippen LogP contribution in [-0.4, -0.2) is 55.7 Å². The molecule has 0 aliphatic carbocycles. The molecule has 4 aromatic rings. The van der Waals surface area contributed by atoms with Gasteiger partial charge in [0.15, 0.2) is 0 Å². The minimum Gasteiger partial charge on any atom is -0.481 e. The van der Waals surface area contributed by atoms with Crippen molar-refractivity contribution < 1.29 is 34.4 Å². The summed E-state index contributed by atoms with van der Waals surface area (Å²) in [4.78, 5) is 25.0. The summed E-state index contributed by atoms with van der Waals surface area (Å²) in [5, 5.41) is 41.5. The number of carboxylic acid groups (broad SMARTS) is 1. The zero-order chi connectivity index (χ0) is 50.6. The molecule has 8 nitrogen and oxygen atoms in total. The van der Waals surface area contributed by atoms with Gasteiger partial charge in [0.2, 0.25) is 0 Å². The Hall–Kier alpha value is -4.31. The number of hydrogen-bond donors (Lipinski definition) is 5. The molecule has 390 valence electrons. The predicted molar refractivity (Wildman–Crippen MR) is 290 cm³/mol. The quantitative estimate of drug-likeness (QED) is 0.0284. The van der Waals surface area contributed by atoms with E-state index in [9.17, 15) is 24.2 Å². The maximum absolute atomic E-state index is 14.0. The minimum absolute atomic E-state index is 0.0939. The molecule has 2 atom stereocenters. The van der Waals surface area contributed by atoms with Gasteiger partial charge < -0.3 is 30.3 Å². The van der Waals surface area contributed by atoms with Gasteiger partial charge in [0, 0.05) is 30.1 Å². The number of carbonyl (C=O) groups is 2. The number of nitrogens with one attached hydrogen (secondary N) is 1. The number of aliphatic hydroxyl groups is 3. The normalized spacial score (nSPS) is 12.2.